The van der Waals surface area contributed by atoms with E-state index < -0.39 is 0 Å². The van der Waals surface area contributed by atoms with Gasteiger partial charge >= 0.3 is 0 Å². The minimum absolute atomic E-state index is 0.295. The fraction of sp³-hybridized carbons (Fsp3) is 0.474. The summed E-state index contributed by atoms with van der Waals surface area (Å²) >= 11 is 0. The van der Waals surface area contributed by atoms with Crippen molar-refractivity contribution in [1.29, 1.82) is 0 Å². The van der Waals surface area contributed by atoms with Gasteiger partial charge in [0.1, 0.15) is 0 Å². The van der Waals surface area contributed by atoms with Crippen molar-refractivity contribution in [3.05, 3.63) is 48.3 Å². The van der Waals surface area contributed by atoms with Crippen LogP contribution in [0.4, 0.5) is 0 Å². The molecule has 24 heavy (non-hydrogen) atoms. The van der Waals surface area contributed by atoms with E-state index in [4.69, 9.17) is 4.74 Å². The first kappa shape index (κ1) is 15.7. The highest BCUT2D eigenvalue weighted by Crippen LogP contribution is 2.28. The highest BCUT2D eigenvalue weighted by molar-refractivity contribution is 5.53. The Morgan fingerprint density at radius 2 is 1.92 bits per heavy atom. The number of morpholine rings is 1. The first-order valence-corrected chi connectivity index (χ1v) is 8.81. The third-order valence-corrected chi connectivity index (χ3v) is 4.67. The smallest absolute Gasteiger partial charge is 0.159 e. The van der Waals surface area contributed by atoms with Gasteiger partial charge in [-0.3, -0.25) is 4.90 Å². The lowest BCUT2D eigenvalue weighted by Gasteiger charge is -2.33. The average molecular weight is 324 g/mol. The summed E-state index contributed by atoms with van der Waals surface area (Å²) in [7, 11) is 0. The Morgan fingerprint density at radius 3 is 2.67 bits per heavy atom. The monoisotopic (exact) mass is 324 g/mol. The average Bonchev–Trinajstić information content (AvgIpc) is 3.49. The van der Waals surface area contributed by atoms with Gasteiger partial charge in [0, 0.05) is 55.7 Å². The molecule has 0 bridgehead atoms. The van der Waals surface area contributed by atoms with Crippen LogP contribution in [-0.4, -0.2) is 53.3 Å². The van der Waals surface area contributed by atoms with Crippen molar-refractivity contribution in [2.45, 2.75) is 31.5 Å². The third kappa shape index (κ3) is 3.98. The zero-order chi connectivity index (χ0) is 16.2. The second-order valence-corrected chi connectivity index (χ2v) is 6.63. The topological polar surface area (TPSA) is 50.3 Å². The van der Waals surface area contributed by atoms with Crippen LogP contribution in [0.5, 0.6) is 0 Å². The number of rotatable bonds is 6. The van der Waals surface area contributed by atoms with E-state index in [2.05, 4.69) is 20.2 Å². The van der Waals surface area contributed by atoms with Crippen molar-refractivity contribution in [2.24, 2.45) is 0 Å². The molecule has 1 atom stereocenters. The molecular weight excluding hydrogens is 300 g/mol. The number of nitrogens with one attached hydrogen (secondary N) is 1. The molecule has 5 nitrogen and oxygen atoms in total. The van der Waals surface area contributed by atoms with Crippen LogP contribution in [0.1, 0.15) is 18.4 Å². The first-order valence-electron chi connectivity index (χ1n) is 8.81. The van der Waals surface area contributed by atoms with Crippen LogP contribution in [0.2, 0.25) is 0 Å². The maximum Gasteiger partial charge on any atom is 0.159 e. The Hall–Kier alpha value is -1.82. The van der Waals surface area contributed by atoms with Gasteiger partial charge in [-0.2, -0.15) is 0 Å². The molecule has 1 N–H and O–H groups in total. The maximum atomic E-state index is 5.87. The largest absolute Gasteiger partial charge is 0.374 e. The van der Waals surface area contributed by atoms with Crippen LogP contribution >= 0.6 is 0 Å². The molecule has 2 aliphatic rings. The second kappa shape index (κ2) is 7.38. The van der Waals surface area contributed by atoms with Crippen LogP contribution in [0.25, 0.3) is 11.4 Å². The molecule has 1 aromatic carbocycles. The molecule has 2 heterocycles. The molecule has 0 spiro atoms. The van der Waals surface area contributed by atoms with E-state index >= 15 is 0 Å². The molecule has 1 saturated heterocycles. The summed E-state index contributed by atoms with van der Waals surface area (Å²) in [6, 6.07) is 10.9. The summed E-state index contributed by atoms with van der Waals surface area (Å²) in [6.45, 7) is 4.66. The van der Waals surface area contributed by atoms with E-state index in [1.807, 2.05) is 42.7 Å². The van der Waals surface area contributed by atoms with E-state index in [0.717, 1.165) is 55.8 Å². The van der Waals surface area contributed by atoms with Gasteiger partial charge in [0.2, 0.25) is 0 Å². The van der Waals surface area contributed by atoms with Crippen molar-refractivity contribution in [3.8, 4) is 11.4 Å². The lowest BCUT2D eigenvalue weighted by atomic mass is 10.2. The SMILES string of the molecule is c1ccc(-c2ncc(CNC[C@H]3CN(C4CC4)CCO3)cn2)cc1. The Balaban J connectivity index is 1.25. The lowest BCUT2D eigenvalue weighted by Crippen LogP contribution is -2.47. The third-order valence-electron chi connectivity index (χ3n) is 4.67. The Labute approximate surface area is 143 Å². The number of hydrogen-bond acceptors (Lipinski definition) is 5. The maximum absolute atomic E-state index is 5.87. The number of hydrogen-bond donors (Lipinski definition) is 1. The lowest BCUT2D eigenvalue weighted by molar-refractivity contribution is -0.0301. The van der Waals surface area contributed by atoms with Crippen LogP contribution < -0.4 is 5.32 Å². The molecule has 2 aromatic rings. The summed E-state index contributed by atoms with van der Waals surface area (Å²) in [6.07, 6.45) is 6.83. The zero-order valence-corrected chi connectivity index (χ0v) is 13.9. The van der Waals surface area contributed by atoms with Gasteiger partial charge in [-0.1, -0.05) is 30.3 Å². The molecule has 5 heteroatoms. The van der Waals surface area contributed by atoms with Crippen LogP contribution in [-0.2, 0) is 11.3 Å². The van der Waals surface area contributed by atoms with Crippen LogP contribution in [0, 0.1) is 0 Å². The molecule has 1 aliphatic carbocycles. The van der Waals surface area contributed by atoms with E-state index in [-0.39, 0.29) is 0 Å². The molecule has 2 fully saturated rings. The summed E-state index contributed by atoms with van der Waals surface area (Å²) < 4.78 is 5.87. The molecule has 126 valence electrons. The van der Waals surface area contributed by atoms with E-state index in [1.54, 1.807) is 0 Å². The number of benzene rings is 1. The van der Waals surface area contributed by atoms with Crippen LogP contribution in [0.3, 0.4) is 0 Å². The molecule has 1 aromatic heterocycles. The Morgan fingerprint density at radius 1 is 1.12 bits per heavy atom. The van der Waals surface area contributed by atoms with E-state index in [1.165, 1.54) is 12.8 Å². The number of nitrogens with zero attached hydrogens (tertiary/aromatic N) is 3. The highest BCUT2D eigenvalue weighted by Gasteiger charge is 2.32. The fourth-order valence-corrected chi connectivity index (χ4v) is 3.20. The molecular formula is C19H24N4O. The molecule has 0 radical (unpaired) electrons. The molecule has 4 rings (SSSR count). The zero-order valence-electron chi connectivity index (χ0n) is 13.9. The van der Waals surface area contributed by atoms with Crippen LogP contribution in [0.15, 0.2) is 42.7 Å². The van der Waals surface area contributed by atoms with E-state index in [0.29, 0.717) is 6.10 Å². The summed E-state index contributed by atoms with van der Waals surface area (Å²) in [4.78, 5) is 11.5. The Bertz CT molecular complexity index is 642. The first-order chi connectivity index (χ1) is 11.9. The highest BCUT2D eigenvalue weighted by atomic mass is 16.5. The second-order valence-electron chi connectivity index (χ2n) is 6.63. The van der Waals surface area contributed by atoms with Gasteiger partial charge < -0.3 is 10.1 Å². The molecule has 0 unspecified atom stereocenters. The summed E-state index contributed by atoms with van der Waals surface area (Å²) in [5, 5.41) is 3.48. The van der Waals surface area contributed by atoms with Gasteiger partial charge in [0.05, 0.1) is 12.7 Å². The van der Waals surface area contributed by atoms with Gasteiger partial charge in [-0.05, 0) is 12.8 Å². The summed E-state index contributed by atoms with van der Waals surface area (Å²) in [5.41, 5.74) is 2.15. The van der Waals surface area contributed by atoms with E-state index in [9.17, 15) is 0 Å². The van der Waals surface area contributed by atoms with Crippen molar-refractivity contribution in [1.82, 2.24) is 20.2 Å². The molecule has 1 aliphatic heterocycles. The number of aromatic nitrogens is 2. The Kier molecular flexibility index (Phi) is 4.83. The normalized spacial score (nSPS) is 21.8. The van der Waals surface area contributed by atoms with Crippen molar-refractivity contribution in [2.75, 3.05) is 26.2 Å². The van der Waals surface area contributed by atoms with Crippen molar-refractivity contribution in [3.63, 3.8) is 0 Å². The quantitative estimate of drug-likeness (QED) is 0.882. The van der Waals surface area contributed by atoms with Gasteiger partial charge in [-0.15, -0.1) is 0 Å². The molecule has 1 saturated carbocycles. The van der Waals surface area contributed by atoms with Gasteiger partial charge in [0.15, 0.2) is 5.82 Å². The summed E-state index contributed by atoms with van der Waals surface area (Å²) in [5.74, 6) is 0.773. The fourth-order valence-electron chi connectivity index (χ4n) is 3.20. The number of ether oxygens (including phenoxy) is 1. The molecule has 0 amide bonds. The minimum Gasteiger partial charge on any atom is -0.374 e. The van der Waals surface area contributed by atoms with Crippen molar-refractivity contribution < 1.29 is 4.74 Å². The van der Waals surface area contributed by atoms with Crippen molar-refractivity contribution >= 4 is 0 Å². The standard InChI is InChI=1S/C19H24N4O/c1-2-4-16(5-3-1)19-21-11-15(12-22-19)10-20-13-18-14-23(8-9-24-18)17-6-7-17/h1-5,11-12,17-18,20H,6-10,13-14H2/t18-/m0/s1. The van der Waals surface area contributed by atoms with Gasteiger partial charge in [0.25, 0.3) is 0 Å². The predicted octanol–water partition coefficient (Wildman–Crippen LogP) is 2.10. The van der Waals surface area contributed by atoms with Gasteiger partial charge in [-0.25, -0.2) is 9.97 Å². The predicted molar refractivity (Wildman–Crippen MR) is 93.5 cm³/mol. The minimum atomic E-state index is 0.295.